The van der Waals surface area contributed by atoms with Gasteiger partial charge in [0.15, 0.2) is 0 Å². The van der Waals surface area contributed by atoms with Crippen molar-refractivity contribution in [3.63, 3.8) is 0 Å². The summed E-state index contributed by atoms with van der Waals surface area (Å²) in [7, 11) is 0. The molecule has 0 radical (unpaired) electrons. The van der Waals surface area contributed by atoms with E-state index in [2.05, 4.69) is 35.5 Å². The van der Waals surface area contributed by atoms with Crippen LogP contribution in [0.5, 0.6) is 0 Å². The molecule has 0 aromatic rings. The summed E-state index contributed by atoms with van der Waals surface area (Å²) in [5.41, 5.74) is 0. The summed E-state index contributed by atoms with van der Waals surface area (Å²) in [6.45, 7) is 17.2. The minimum Gasteiger partial charge on any atom is -0.301 e. The van der Waals surface area contributed by atoms with Crippen molar-refractivity contribution in [2.24, 2.45) is 5.92 Å². The van der Waals surface area contributed by atoms with E-state index in [4.69, 9.17) is 0 Å². The maximum absolute atomic E-state index is 2.63. The Morgan fingerprint density at radius 1 is 0.938 bits per heavy atom. The molecule has 2 saturated heterocycles. The smallest absolute Gasteiger partial charge is 0.0113 e. The average molecular weight is 225 g/mol. The van der Waals surface area contributed by atoms with Gasteiger partial charge in [-0.3, -0.25) is 9.80 Å². The molecule has 2 aliphatic rings. The fourth-order valence-electron chi connectivity index (χ4n) is 2.80. The zero-order chi connectivity index (χ0) is 11.5. The summed E-state index contributed by atoms with van der Waals surface area (Å²) in [5, 5.41) is 0. The zero-order valence-corrected chi connectivity index (χ0v) is 11.2. The van der Waals surface area contributed by atoms with Crippen molar-refractivity contribution in [2.75, 3.05) is 52.4 Å². The van der Waals surface area contributed by atoms with E-state index in [1.807, 2.05) is 0 Å². The molecule has 0 bridgehead atoms. The Kier molecular flexibility index (Phi) is 4.22. The quantitative estimate of drug-likeness (QED) is 0.706. The second-order valence-electron chi connectivity index (χ2n) is 5.84. The summed E-state index contributed by atoms with van der Waals surface area (Å²) in [6, 6.07) is 0.721. The molecule has 3 heteroatoms. The van der Waals surface area contributed by atoms with Crippen molar-refractivity contribution in [3.05, 3.63) is 0 Å². The van der Waals surface area contributed by atoms with Gasteiger partial charge in [-0.05, 0) is 19.8 Å². The van der Waals surface area contributed by atoms with E-state index < -0.39 is 0 Å². The van der Waals surface area contributed by atoms with Crippen LogP contribution in [-0.4, -0.2) is 73.1 Å². The van der Waals surface area contributed by atoms with Gasteiger partial charge in [-0.25, -0.2) is 0 Å². The van der Waals surface area contributed by atoms with Crippen LogP contribution in [0.4, 0.5) is 0 Å². The molecule has 0 N–H and O–H groups in total. The minimum atomic E-state index is 0.721. The van der Waals surface area contributed by atoms with Crippen LogP contribution < -0.4 is 0 Å². The molecule has 0 unspecified atom stereocenters. The van der Waals surface area contributed by atoms with Gasteiger partial charge in [0, 0.05) is 58.4 Å². The third-order valence-electron chi connectivity index (χ3n) is 4.01. The largest absolute Gasteiger partial charge is 0.301 e. The van der Waals surface area contributed by atoms with E-state index in [9.17, 15) is 0 Å². The lowest BCUT2D eigenvalue weighted by molar-refractivity contribution is 0.0687. The number of rotatable bonds is 4. The third kappa shape index (κ3) is 3.19. The lowest BCUT2D eigenvalue weighted by Crippen LogP contribution is -2.52. The van der Waals surface area contributed by atoms with Gasteiger partial charge in [-0.2, -0.15) is 0 Å². The third-order valence-corrected chi connectivity index (χ3v) is 4.01. The van der Waals surface area contributed by atoms with E-state index in [-0.39, 0.29) is 0 Å². The van der Waals surface area contributed by atoms with Crippen molar-refractivity contribution < 1.29 is 0 Å². The predicted octanol–water partition coefficient (Wildman–Crippen LogP) is 0.964. The molecule has 0 aromatic carbocycles. The number of piperazine rings is 1. The Labute approximate surface area is 100 Å². The van der Waals surface area contributed by atoms with E-state index in [0.29, 0.717) is 0 Å². The molecule has 2 heterocycles. The van der Waals surface area contributed by atoms with Gasteiger partial charge in [0.1, 0.15) is 0 Å². The highest BCUT2D eigenvalue weighted by atomic mass is 15.3. The van der Waals surface area contributed by atoms with Crippen LogP contribution in [0.2, 0.25) is 0 Å². The Morgan fingerprint density at radius 3 is 2.00 bits per heavy atom. The van der Waals surface area contributed by atoms with Crippen molar-refractivity contribution in [2.45, 2.75) is 26.8 Å². The first-order valence-electron chi connectivity index (χ1n) is 6.84. The Hall–Kier alpha value is -0.120. The van der Waals surface area contributed by atoms with Crippen LogP contribution in [0.25, 0.3) is 0 Å². The van der Waals surface area contributed by atoms with Crippen molar-refractivity contribution in [1.29, 1.82) is 0 Å². The van der Waals surface area contributed by atoms with Crippen molar-refractivity contribution >= 4 is 0 Å². The minimum absolute atomic E-state index is 0.721. The van der Waals surface area contributed by atoms with Crippen LogP contribution in [0, 0.1) is 5.92 Å². The van der Waals surface area contributed by atoms with Gasteiger partial charge in [0.05, 0.1) is 0 Å². The van der Waals surface area contributed by atoms with Crippen LogP contribution in [0.3, 0.4) is 0 Å². The Morgan fingerprint density at radius 2 is 1.50 bits per heavy atom. The molecule has 0 amide bonds. The maximum Gasteiger partial charge on any atom is 0.0113 e. The Balaban J connectivity index is 1.58. The van der Waals surface area contributed by atoms with E-state index >= 15 is 0 Å². The van der Waals surface area contributed by atoms with E-state index in [0.717, 1.165) is 12.0 Å². The molecule has 0 saturated carbocycles. The first kappa shape index (κ1) is 12.3. The second kappa shape index (κ2) is 5.48. The zero-order valence-electron chi connectivity index (χ0n) is 11.2. The molecule has 0 atom stereocenters. The molecule has 0 spiro atoms. The van der Waals surface area contributed by atoms with Gasteiger partial charge in [-0.15, -0.1) is 0 Å². The molecular weight excluding hydrogens is 198 g/mol. The molecule has 94 valence electrons. The topological polar surface area (TPSA) is 9.72 Å². The number of likely N-dealkylation sites (tertiary alicyclic amines) is 1. The van der Waals surface area contributed by atoms with Crippen LogP contribution in [0.1, 0.15) is 20.8 Å². The normalized spacial score (nSPS) is 26.2. The lowest BCUT2D eigenvalue weighted by atomic mass is 10.0. The molecular formula is C13H27N3. The van der Waals surface area contributed by atoms with Crippen LogP contribution >= 0.6 is 0 Å². The fraction of sp³-hybridized carbons (Fsp3) is 1.00. The standard InChI is InChI=1S/C13H27N3/c1-12(2)16-8-6-14(7-9-16)4-5-15-10-13(3)11-15/h12-13H,4-11H2,1-3H3. The van der Waals surface area contributed by atoms with Crippen LogP contribution in [0.15, 0.2) is 0 Å². The molecule has 2 rings (SSSR count). The lowest BCUT2D eigenvalue weighted by Gasteiger charge is -2.41. The summed E-state index contributed by atoms with van der Waals surface area (Å²) in [5.74, 6) is 0.942. The van der Waals surface area contributed by atoms with Crippen molar-refractivity contribution in [3.8, 4) is 0 Å². The van der Waals surface area contributed by atoms with Crippen molar-refractivity contribution in [1.82, 2.24) is 14.7 Å². The van der Waals surface area contributed by atoms with E-state index in [1.165, 1.54) is 52.4 Å². The highest BCUT2D eigenvalue weighted by Crippen LogP contribution is 2.13. The molecule has 0 aromatic heterocycles. The SMILES string of the molecule is CC1CN(CCN2CCN(C(C)C)CC2)C1. The van der Waals surface area contributed by atoms with Gasteiger partial charge in [-0.1, -0.05) is 6.92 Å². The second-order valence-corrected chi connectivity index (χ2v) is 5.84. The summed E-state index contributed by atoms with van der Waals surface area (Å²) >= 11 is 0. The predicted molar refractivity (Wildman–Crippen MR) is 68.8 cm³/mol. The monoisotopic (exact) mass is 225 g/mol. The molecule has 2 aliphatic heterocycles. The maximum atomic E-state index is 2.63. The van der Waals surface area contributed by atoms with Gasteiger partial charge >= 0.3 is 0 Å². The highest BCUT2D eigenvalue weighted by molar-refractivity contribution is 4.79. The first-order chi connectivity index (χ1) is 7.65. The van der Waals surface area contributed by atoms with Gasteiger partial charge < -0.3 is 4.90 Å². The Bertz CT molecular complexity index is 203. The number of hydrogen-bond acceptors (Lipinski definition) is 3. The van der Waals surface area contributed by atoms with Gasteiger partial charge in [0.25, 0.3) is 0 Å². The van der Waals surface area contributed by atoms with Crippen LogP contribution in [-0.2, 0) is 0 Å². The van der Waals surface area contributed by atoms with Gasteiger partial charge in [0.2, 0.25) is 0 Å². The number of hydrogen-bond donors (Lipinski definition) is 0. The van der Waals surface area contributed by atoms with E-state index in [1.54, 1.807) is 0 Å². The summed E-state index contributed by atoms with van der Waals surface area (Å²) in [6.07, 6.45) is 0. The fourth-order valence-corrected chi connectivity index (χ4v) is 2.80. The average Bonchev–Trinajstić information content (AvgIpc) is 2.23. The first-order valence-corrected chi connectivity index (χ1v) is 6.84. The number of nitrogens with zero attached hydrogens (tertiary/aromatic N) is 3. The summed E-state index contributed by atoms with van der Waals surface area (Å²) in [4.78, 5) is 7.80. The highest BCUT2D eigenvalue weighted by Gasteiger charge is 2.23. The summed E-state index contributed by atoms with van der Waals surface area (Å²) < 4.78 is 0. The molecule has 16 heavy (non-hydrogen) atoms. The molecule has 2 fully saturated rings. The molecule has 0 aliphatic carbocycles. The molecule has 3 nitrogen and oxygen atoms in total.